The number of rotatable bonds is 4. The molecule has 0 aliphatic heterocycles. The lowest BCUT2D eigenvalue weighted by molar-refractivity contribution is -0.125. The van der Waals surface area contributed by atoms with Crippen molar-refractivity contribution in [2.45, 2.75) is 32.2 Å². The lowest BCUT2D eigenvalue weighted by Gasteiger charge is -2.18. The second-order valence-corrected chi connectivity index (χ2v) is 5.93. The highest BCUT2D eigenvalue weighted by atomic mass is 16.5. The Morgan fingerprint density at radius 2 is 1.84 bits per heavy atom. The molecule has 1 aromatic rings. The quantitative estimate of drug-likeness (QED) is 0.903. The molecule has 2 aliphatic rings. The molecule has 1 amide bonds. The zero-order valence-corrected chi connectivity index (χ0v) is 11.6. The molecule has 0 heterocycles. The zero-order chi connectivity index (χ0) is 13.4. The fourth-order valence-corrected chi connectivity index (χ4v) is 3.24. The van der Waals surface area contributed by atoms with Gasteiger partial charge in [-0.3, -0.25) is 4.79 Å². The maximum atomic E-state index is 12.2. The van der Waals surface area contributed by atoms with E-state index in [2.05, 4.69) is 5.32 Å². The van der Waals surface area contributed by atoms with Crippen molar-refractivity contribution in [2.24, 2.45) is 17.8 Å². The van der Waals surface area contributed by atoms with Crippen LogP contribution in [0.1, 0.15) is 37.8 Å². The summed E-state index contributed by atoms with van der Waals surface area (Å²) in [6.45, 7) is 2.04. The summed E-state index contributed by atoms with van der Waals surface area (Å²) in [4.78, 5) is 12.2. The molecule has 2 aliphatic carbocycles. The van der Waals surface area contributed by atoms with Gasteiger partial charge in [-0.15, -0.1) is 0 Å². The minimum absolute atomic E-state index is 0.0651. The van der Waals surface area contributed by atoms with Crippen LogP contribution in [-0.4, -0.2) is 13.0 Å². The first-order chi connectivity index (χ1) is 9.17. The largest absolute Gasteiger partial charge is 0.497 e. The number of hydrogen-bond acceptors (Lipinski definition) is 2. The fourth-order valence-electron chi connectivity index (χ4n) is 3.24. The molecule has 0 spiro atoms. The summed E-state index contributed by atoms with van der Waals surface area (Å²) in [5, 5.41) is 3.14. The third-order valence-corrected chi connectivity index (χ3v) is 4.59. The van der Waals surface area contributed by atoms with E-state index < -0.39 is 0 Å². The van der Waals surface area contributed by atoms with Gasteiger partial charge in [0.2, 0.25) is 5.91 Å². The van der Waals surface area contributed by atoms with Crippen LogP contribution in [0.3, 0.4) is 0 Å². The Hall–Kier alpha value is -1.51. The average Bonchev–Trinajstić information content (AvgIpc) is 3.05. The van der Waals surface area contributed by atoms with E-state index in [0.29, 0.717) is 0 Å². The van der Waals surface area contributed by atoms with Crippen molar-refractivity contribution in [3.05, 3.63) is 29.8 Å². The highest BCUT2D eigenvalue weighted by Gasteiger charge is 2.48. The summed E-state index contributed by atoms with van der Waals surface area (Å²) in [5.74, 6) is 3.04. The molecule has 3 heteroatoms. The molecule has 0 bridgehead atoms. The van der Waals surface area contributed by atoms with Crippen molar-refractivity contribution >= 4 is 5.91 Å². The molecule has 3 atom stereocenters. The van der Waals surface area contributed by atoms with E-state index in [9.17, 15) is 4.79 Å². The van der Waals surface area contributed by atoms with Gasteiger partial charge in [0.25, 0.3) is 0 Å². The number of carbonyl (C=O) groups excluding carboxylic acids is 1. The standard InChI is InChI=1S/C16H21NO2/c1-10(11-3-5-15(19-2)6-4-11)17-16(18)14-8-12-7-13(12)9-14/h3-6,10,12-14H,7-9H2,1-2H3,(H,17,18). The molecule has 2 saturated carbocycles. The van der Waals surface area contributed by atoms with Gasteiger partial charge in [0.1, 0.15) is 5.75 Å². The van der Waals surface area contributed by atoms with E-state index in [-0.39, 0.29) is 17.9 Å². The SMILES string of the molecule is COc1ccc(C(C)NC(=O)C2CC3CC3C2)cc1. The van der Waals surface area contributed by atoms with Crippen LogP contribution >= 0.6 is 0 Å². The number of hydrogen-bond donors (Lipinski definition) is 1. The summed E-state index contributed by atoms with van der Waals surface area (Å²) < 4.78 is 5.14. The third-order valence-electron chi connectivity index (χ3n) is 4.59. The van der Waals surface area contributed by atoms with Gasteiger partial charge in [-0.05, 0) is 55.7 Å². The number of fused-ring (bicyclic) bond motifs is 1. The van der Waals surface area contributed by atoms with Crippen LogP contribution in [0.25, 0.3) is 0 Å². The smallest absolute Gasteiger partial charge is 0.223 e. The van der Waals surface area contributed by atoms with Gasteiger partial charge in [0.15, 0.2) is 0 Å². The predicted octanol–water partition coefficient (Wildman–Crippen LogP) is 2.92. The van der Waals surface area contributed by atoms with Crippen molar-refractivity contribution < 1.29 is 9.53 Å². The first-order valence-electron chi connectivity index (χ1n) is 7.11. The van der Waals surface area contributed by atoms with Crippen LogP contribution < -0.4 is 10.1 Å². The summed E-state index contributed by atoms with van der Waals surface area (Å²) in [5.41, 5.74) is 1.12. The third kappa shape index (κ3) is 2.60. The summed E-state index contributed by atoms with van der Waals surface area (Å²) in [7, 11) is 1.66. The Bertz CT molecular complexity index is 458. The van der Waals surface area contributed by atoms with Crippen molar-refractivity contribution in [3.8, 4) is 5.75 Å². The van der Waals surface area contributed by atoms with Crippen molar-refractivity contribution in [2.75, 3.05) is 7.11 Å². The molecule has 1 aromatic carbocycles. The molecule has 0 aromatic heterocycles. The van der Waals surface area contributed by atoms with Gasteiger partial charge < -0.3 is 10.1 Å². The topological polar surface area (TPSA) is 38.3 Å². The van der Waals surface area contributed by atoms with Gasteiger partial charge in [-0.1, -0.05) is 12.1 Å². The zero-order valence-electron chi connectivity index (χ0n) is 11.6. The van der Waals surface area contributed by atoms with E-state index >= 15 is 0 Å². The molecule has 102 valence electrons. The second-order valence-electron chi connectivity index (χ2n) is 5.93. The first-order valence-corrected chi connectivity index (χ1v) is 7.11. The summed E-state index contributed by atoms with van der Waals surface area (Å²) in [6.07, 6.45) is 3.56. The predicted molar refractivity (Wildman–Crippen MR) is 73.9 cm³/mol. The Balaban J connectivity index is 1.57. The molecule has 3 rings (SSSR count). The van der Waals surface area contributed by atoms with Crippen molar-refractivity contribution in [1.82, 2.24) is 5.32 Å². The lowest BCUT2D eigenvalue weighted by atomic mass is 10.0. The van der Waals surface area contributed by atoms with E-state index in [1.54, 1.807) is 7.11 Å². The van der Waals surface area contributed by atoms with Crippen LogP contribution in [0.5, 0.6) is 5.75 Å². The molecule has 19 heavy (non-hydrogen) atoms. The molecule has 3 nitrogen and oxygen atoms in total. The number of carbonyl (C=O) groups is 1. The molecule has 1 N–H and O–H groups in total. The monoisotopic (exact) mass is 259 g/mol. The average molecular weight is 259 g/mol. The minimum atomic E-state index is 0.0651. The first kappa shape index (κ1) is 12.5. The maximum absolute atomic E-state index is 12.2. The lowest BCUT2D eigenvalue weighted by Crippen LogP contribution is -2.32. The van der Waals surface area contributed by atoms with Crippen LogP contribution in [0.15, 0.2) is 24.3 Å². The summed E-state index contributed by atoms with van der Waals surface area (Å²) in [6, 6.07) is 7.95. The molecule has 2 fully saturated rings. The number of benzene rings is 1. The van der Waals surface area contributed by atoms with E-state index in [0.717, 1.165) is 36.0 Å². The fraction of sp³-hybridized carbons (Fsp3) is 0.562. The van der Waals surface area contributed by atoms with Crippen molar-refractivity contribution in [3.63, 3.8) is 0 Å². The second kappa shape index (κ2) is 4.87. The molecular weight excluding hydrogens is 238 g/mol. The van der Waals surface area contributed by atoms with E-state index in [4.69, 9.17) is 4.74 Å². The molecule has 0 radical (unpaired) electrons. The van der Waals surface area contributed by atoms with Crippen LogP contribution in [0.4, 0.5) is 0 Å². The van der Waals surface area contributed by atoms with E-state index in [1.165, 1.54) is 6.42 Å². The van der Waals surface area contributed by atoms with Gasteiger partial charge in [0, 0.05) is 5.92 Å². The van der Waals surface area contributed by atoms with Gasteiger partial charge in [0.05, 0.1) is 13.2 Å². The Labute approximate surface area is 114 Å². The number of nitrogens with one attached hydrogen (secondary N) is 1. The van der Waals surface area contributed by atoms with Gasteiger partial charge >= 0.3 is 0 Å². The van der Waals surface area contributed by atoms with Gasteiger partial charge in [-0.2, -0.15) is 0 Å². The Morgan fingerprint density at radius 1 is 1.21 bits per heavy atom. The number of amides is 1. The van der Waals surface area contributed by atoms with Crippen LogP contribution in [0, 0.1) is 17.8 Å². The van der Waals surface area contributed by atoms with E-state index in [1.807, 2.05) is 31.2 Å². The van der Waals surface area contributed by atoms with Gasteiger partial charge in [-0.25, -0.2) is 0 Å². The number of ether oxygens (including phenoxy) is 1. The molecule has 3 unspecified atom stereocenters. The summed E-state index contributed by atoms with van der Waals surface area (Å²) >= 11 is 0. The molecular formula is C16H21NO2. The molecule has 0 saturated heterocycles. The highest BCUT2D eigenvalue weighted by Crippen LogP contribution is 2.54. The Kier molecular flexibility index (Phi) is 3.21. The van der Waals surface area contributed by atoms with Crippen LogP contribution in [0.2, 0.25) is 0 Å². The van der Waals surface area contributed by atoms with Crippen LogP contribution in [-0.2, 0) is 4.79 Å². The normalized spacial score (nSPS) is 29.5. The minimum Gasteiger partial charge on any atom is -0.497 e. The number of methoxy groups -OCH3 is 1. The Morgan fingerprint density at radius 3 is 2.42 bits per heavy atom. The maximum Gasteiger partial charge on any atom is 0.223 e. The van der Waals surface area contributed by atoms with Crippen molar-refractivity contribution in [1.29, 1.82) is 0 Å². The highest BCUT2D eigenvalue weighted by molar-refractivity contribution is 5.79.